The summed E-state index contributed by atoms with van der Waals surface area (Å²) in [5, 5.41) is 3.39. The Morgan fingerprint density at radius 2 is 1.81 bits per heavy atom. The summed E-state index contributed by atoms with van der Waals surface area (Å²) in [4.78, 5) is 11.5. The van der Waals surface area contributed by atoms with Crippen LogP contribution in [0.25, 0.3) is 0 Å². The van der Waals surface area contributed by atoms with Crippen LogP contribution < -0.4 is 10.1 Å². The molecule has 0 spiro atoms. The highest BCUT2D eigenvalue weighted by Crippen LogP contribution is 2.28. The van der Waals surface area contributed by atoms with Crippen molar-refractivity contribution in [3.05, 3.63) is 23.2 Å². The molecule has 0 bridgehead atoms. The fraction of sp³-hybridized carbons (Fsp3) is 0.429. The summed E-state index contributed by atoms with van der Waals surface area (Å²) in [5.74, 6) is 0.180. The van der Waals surface area contributed by atoms with Gasteiger partial charge in [-0.1, -0.05) is 11.6 Å². The number of carbonyl (C=O) groups excluding carboxylic acids is 1. The van der Waals surface area contributed by atoms with E-state index in [0.29, 0.717) is 5.69 Å². The van der Waals surface area contributed by atoms with Gasteiger partial charge >= 0.3 is 6.16 Å². The Hall–Kier alpha value is -1.53. The molecule has 0 heterocycles. The average Bonchev–Trinajstić information content (AvgIpc) is 2.31. The van der Waals surface area contributed by atoms with Crippen LogP contribution in [-0.4, -0.2) is 23.5 Å². The fourth-order valence-corrected chi connectivity index (χ4v) is 1.79. The number of hydrogen-bond donors (Lipinski definition) is 1. The van der Waals surface area contributed by atoms with Crippen molar-refractivity contribution in [1.82, 2.24) is 0 Å². The van der Waals surface area contributed by atoms with Gasteiger partial charge in [0.2, 0.25) is 0 Å². The molecule has 0 amide bonds. The lowest BCUT2D eigenvalue weighted by Crippen LogP contribution is -2.18. The number of carbonyl (C=O) groups is 1. The number of thiocarbonyl (C=S) groups is 1. The topological polar surface area (TPSA) is 56.8 Å². The highest BCUT2D eigenvalue weighted by atomic mass is 35.5. The van der Waals surface area contributed by atoms with E-state index in [4.69, 9.17) is 38.0 Å². The second-order valence-electron chi connectivity index (χ2n) is 4.74. The van der Waals surface area contributed by atoms with E-state index in [9.17, 15) is 4.79 Å². The van der Waals surface area contributed by atoms with Gasteiger partial charge in [0, 0.05) is 11.8 Å². The minimum Gasteiger partial charge on any atom is -0.468 e. The normalized spacial score (nSPS) is 10.4. The van der Waals surface area contributed by atoms with Gasteiger partial charge in [0.1, 0.15) is 0 Å². The second kappa shape index (κ2) is 8.05. The standard InChI is InChI=1S/C14H18ClNO4S/c1-8(2)18-13(21)16-10-5-6-11(15)12(7-10)20-14(17)19-9(3)4/h5-9H,1-4H3,(H,16,21). The van der Waals surface area contributed by atoms with E-state index in [1.165, 1.54) is 0 Å². The molecule has 5 nitrogen and oxygen atoms in total. The van der Waals surface area contributed by atoms with Crippen molar-refractivity contribution < 1.29 is 19.0 Å². The van der Waals surface area contributed by atoms with Crippen LogP contribution in [0.2, 0.25) is 5.02 Å². The molecule has 0 fully saturated rings. The lowest BCUT2D eigenvalue weighted by atomic mass is 10.3. The predicted molar refractivity (Wildman–Crippen MR) is 86.1 cm³/mol. The number of benzene rings is 1. The van der Waals surface area contributed by atoms with Gasteiger partial charge in [0.05, 0.1) is 17.2 Å². The third kappa shape index (κ3) is 6.64. The molecule has 7 heteroatoms. The van der Waals surface area contributed by atoms with Crippen LogP contribution >= 0.6 is 23.8 Å². The Morgan fingerprint density at radius 3 is 2.38 bits per heavy atom. The zero-order valence-corrected chi connectivity index (χ0v) is 13.9. The molecule has 0 saturated carbocycles. The SMILES string of the molecule is CC(C)OC(=O)Oc1cc(NC(=S)OC(C)C)ccc1Cl. The molecule has 0 saturated heterocycles. The summed E-state index contributed by atoms with van der Waals surface area (Å²) in [6.07, 6.45) is -1.12. The number of halogens is 1. The summed E-state index contributed by atoms with van der Waals surface area (Å²) in [6.45, 7) is 7.18. The molecule has 0 aromatic heterocycles. The zero-order valence-electron chi connectivity index (χ0n) is 12.3. The van der Waals surface area contributed by atoms with Crippen molar-refractivity contribution in [1.29, 1.82) is 0 Å². The van der Waals surface area contributed by atoms with E-state index in [-0.39, 0.29) is 28.2 Å². The molecule has 1 rings (SSSR count). The largest absolute Gasteiger partial charge is 0.514 e. The van der Waals surface area contributed by atoms with E-state index in [0.717, 1.165) is 0 Å². The van der Waals surface area contributed by atoms with Crippen molar-refractivity contribution in [2.24, 2.45) is 0 Å². The maximum atomic E-state index is 11.5. The Labute approximate surface area is 134 Å². The lowest BCUT2D eigenvalue weighted by molar-refractivity contribution is 0.0729. The molecule has 0 aliphatic rings. The van der Waals surface area contributed by atoms with Crippen molar-refractivity contribution in [3.63, 3.8) is 0 Å². The van der Waals surface area contributed by atoms with E-state index in [2.05, 4.69) is 5.32 Å². The average molecular weight is 332 g/mol. The van der Waals surface area contributed by atoms with Gasteiger partial charge in [-0.25, -0.2) is 4.79 Å². The summed E-state index contributed by atoms with van der Waals surface area (Å²) in [7, 11) is 0. The van der Waals surface area contributed by atoms with Crippen LogP contribution in [0.3, 0.4) is 0 Å². The van der Waals surface area contributed by atoms with E-state index in [1.54, 1.807) is 32.0 Å². The molecule has 0 aliphatic heterocycles. The maximum Gasteiger partial charge on any atom is 0.514 e. The molecule has 0 unspecified atom stereocenters. The molecule has 0 radical (unpaired) electrons. The lowest BCUT2D eigenvalue weighted by Gasteiger charge is -2.14. The van der Waals surface area contributed by atoms with Crippen LogP contribution in [0.15, 0.2) is 18.2 Å². The number of nitrogens with one attached hydrogen (secondary N) is 1. The monoisotopic (exact) mass is 331 g/mol. The predicted octanol–water partition coefficient (Wildman–Crippen LogP) is 4.39. The maximum absolute atomic E-state index is 11.5. The van der Waals surface area contributed by atoms with Crippen molar-refractivity contribution in [3.8, 4) is 5.75 Å². The summed E-state index contributed by atoms with van der Waals surface area (Å²) < 4.78 is 15.2. The molecular weight excluding hydrogens is 314 g/mol. The third-order valence-electron chi connectivity index (χ3n) is 2.05. The molecule has 116 valence electrons. The Kier molecular flexibility index (Phi) is 6.71. The number of rotatable bonds is 4. The number of anilines is 1. The van der Waals surface area contributed by atoms with Gasteiger partial charge in [-0.2, -0.15) is 0 Å². The smallest absolute Gasteiger partial charge is 0.468 e. The Morgan fingerprint density at radius 1 is 1.19 bits per heavy atom. The van der Waals surface area contributed by atoms with Gasteiger partial charge in [-0.3, -0.25) is 0 Å². The van der Waals surface area contributed by atoms with E-state index >= 15 is 0 Å². The van der Waals surface area contributed by atoms with Crippen molar-refractivity contribution in [2.75, 3.05) is 5.32 Å². The third-order valence-corrected chi connectivity index (χ3v) is 2.56. The van der Waals surface area contributed by atoms with Crippen LogP contribution in [0, 0.1) is 0 Å². The van der Waals surface area contributed by atoms with Gasteiger partial charge in [0.15, 0.2) is 5.75 Å². The number of ether oxygens (including phenoxy) is 3. The molecule has 1 aromatic carbocycles. The van der Waals surface area contributed by atoms with Crippen molar-refractivity contribution >= 4 is 40.8 Å². The van der Waals surface area contributed by atoms with Crippen LogP contribution in [-0.2, 0) is 9.47 Å². The molecule has 1 aromatic rings. The molecule has 0 aliphatic carbocycles. The Balaban J connectivity index is 2.75. The summed E-state index contributed by atoms with van der Waals surface area (Å²) in [6, 6.07) is 4.82. The number of hydrogen-bond acceptors (Lipinski definition) is 5. The molecule has 21 heavy (non-hydrogen) atoms. The van der Waals surface area contributed by atoms with Crippen molar-refractivity contribution in [2.45, 2.75) is 39.9 Å². The van der Waals surface area contributed by atoms with Gasteiger partial charge in [-0.05, 0) is 52.0 Å². The molecule has 0 atom stereocenters. The first-order valence-corrected chi connectivity index (χ1v) is 7.22. The molecule has 1 N–H and O–H groups in total. The first-order chi connectivity index (χ1) is 9.77. The quantitative estimate of drug-likeness (QED) is 0.502. The van der Waals surface area contributed by atoms with Crippen LogP contribution in [0.1, 0.15) is 27.7 Å². The first-order valence-electron chi connectivity index (χ1n) is 6.43. The minimum absolute atomic E-state index is 0.0333. The second-order valence-corrected chi connectivity index (χ2v) is 5.52. The van der Waals surface area contributed by atoms with Gasteiger partial charge in [0.25, 0.3) is 5.17 Å². The van der Waals surface area contributed by atoms with E-state index in [1.807, 2.05) is 13.8 Å². The van der Waals surface area contributed by atoms with Crippen LogP contribution in [0.5, 0.6) is 5.75 Å². The summed E-state index contributed by atoms with van der Waals surface area (Å²) >= 11 is 11.0. The highest BCUT2D eigenvalue weighted by molar-refractivity contribution is 7.80. The Bertz CT molecular complexity index is 520. The first kappa shape index (κ1) is 17.5. The van der Waals surface area contributed by atoms with Crippen LogP contribution in [0.4, 0.5) is 10.5 Å². The van der Waals surface area contributed by atoms with Gasteiger partial charge < -0.3 is 19.5 Å². The highest BCUT2D eigenvalue weighted by Gasteiger charge is 2.12. The fourth-order valence-electron chi connectivity index (χ4n) is 1.33. The molecular formula is C14H18ClNO4S. The zero-order chi connectivity index (χ0) is 16.0. The minimum atomic E-state index is -0.815. The summed E-state index contributed by atoms with van der Waals surface area (Å²) in [5.41, 5.74) is 0.595. The van der Waals surface area contributed by atoms with E-state index < -0.39 is 6.16 Å². The van der Waals surface area contributed by atoms with Gasteiger partial charge in [-0.15, -0.1) is 0 Å².